The van der Waals surface area contributed by atoms with Crippen LogP contribution in [0.2, 0.25) is 0 Å². The van der Waals surface area contributed by atoms with Crippen molar-refractivity contribution in [3.8, 4) is 5.75 Å². The Morgan fingerprint density at radius 2 is 1.90 bits per heavy atom. The van der Waals surface area contributed by atoms with E-state index < -0.39 is 11.5 Å². The van der Waals surface area contributed by atoms with Crippen molar-refractivity contribution in [3.63, 3.8) is 0 Å². The Balaban J connectivity index is 2.66. The van der Waals surface area contributed by atoms with E-state index in [1.807, 2.05) is 19.1 Å². The van der Waals surface area contributed by atoms with E-state index in [9.17, 15) is 9.90 Å². The van der Waals surface area contributed by atoms with Gasteiger partial charge in [-0.3, -0.25) is 4.79 Å². The van der Waals surface area contributed by atoms with Gasteiger partial charge in [0.05, 0.1) is 6.10 Å². The van der Waals surface area contributed by atoms with Crippen LogP contribution in [0.1, 0.15) is 52.0 Å². The molecule has 0 saturated carbocycles. The second-order valence-corrected chi connectivity index (χ2v) is 5.90. The van der Waals surface area contributed by atoms with Crippen molar-refractivity contribution in [2.24, 2.45) is 0 Å². The number of nitrogens with one attached hydrogen (secondary N) is 1. The van der Waals surface area contributed by atoms with E-state index in [-0.39, 0.29) is 6.10 Å². The lowest BCUT2D eigenvalue weighted by Crippen LogP contribution is -2.50. The van der Waals surface area contributed by atoms with Crippen molar-refractivity contribution in [3.05, 3.63) is 29.8 Å². The summed E-state index contributed by atoms with van der Waals surface area (Å²) in [7, 11) is 1.65. The number of aliphatic carboxylic acids is 1. The molecule has 0 aliphatic rings. The monoisotopic (exact) mass is 293 g/mol. The first-order chi connectivity index (χ1) is 9.82. The number of likely N-dealkylation sites (N-methyl/N-ethyl adjacent to an activating group) is 1. The molecule has 0 bridgehead atoms. The average Bonchev–Trinajstić information content (AvgIpc) is 2.46. The highest BCUT2D eigenvalue weighted by atomic mass is 16.5. The van der Waals surface area contributed by atoms with Gasteiger partial charge in [0.25, 0.3) is 0 Å². The third-order valence-corrected chi connectivity index (χ3v) is 4.12. The Morgan fingerprint density at radius 1 is 1.33 bits per heavy atom. The van der Waals surface area contributed by atoms with Crippen LogP contribution in [0.3, 0.4) is 0 Å². The molecule has 1 rings (SSSR count). The third kappa shape index (κ3) is 4.74. The van der Waals surface area contributed by atoms with Crippen LogP contribution < -0.4 is 10.1 Å². The molecule has 0 saturated heterocycles. The molecule has 21 heavy (non-hydrogen) atoms. The second kappa shape index (κ2) is 7.46. The van der Waals surface area contributed by atoms with Gasteiger partial charge in [0.1, 0.15) is 11.3 Å². The quantitative estimate of drug-likeness (QED) is 0.771. The molecule has 4 heteroatoms. The molecule has 4 nitrogen and oxygen atoms in total. The third-order valence-electron chi connectivity index (χ3n) is 4.12. The Labute approximate surface area is 127 Å². The first kappa shape index (κ1) is 17.5. The average molecular weight is 293 g/mol. The van der Waals surface area contributed by atoms with E-state index >= 15 is 0 Å². The fourth-order valence-electron chi connectivity index (χ4n) is 2.26. The maximum Gasteiger partial charge on any atom is 0.323 e. The van der Waals surface area contributed by atoms with Crippen molar-refractivity contribution >= 4 is 5.97 Å². The lowest BCUT2D eigenvalue weighted by Gasteiger charge is -2.27. The first-order valence-corrected chi connectivity index (χ1v) is 7.51. The van der Waals surface area contributed by atoms with Gasteiger partial charge in [-0.1, -0.05) is 26.0 Å². The molecular weight excluding hydrogens is 266 g/mol. The molecule has 0 heterocycles. The molecular formula is C17H27NO3. The molecule has 3 atom stereocenters. The largest absolute Gasteiger partial charge is 0.491 e. The number of hydrogen-bond acceptors (Lipinski definition) is 3. The second-order valence-electron chi connectivity index (χ2n) is 5.90. The van der Waals surface area contributed by atoms with E-state index in [1.165, 1.54) is 5.56 Å². The van der Waals surface area contributed by atoms with Gasteiger partial charge in [0.2, 0.25) is 0 Å². The van der Waals surface area contributed by atoms with Crippen LogP contribution in [0, 0.1) is 0 Å². The minimum atomic E-state index is -0.976. The van der Waals surface area contributed by atoms with Gasteiger partial charge >= 0.3 is 5.97 Å². The van der Waals surface area contributed by atoms with Crippen LogP contribution in [0.4, 0.5) is 0 Å². The molecule has 0 radical (unpaired) electrons. The Bertz CT molecular complexity index is 458. The number of ether oxygens (including phenoxy) is 1. The fraction of sp³-hybridized carbons (Fsp3) is 0.588. The van der Waals surface area contributed by atoms with E-state index in [2.05, 4.69) is 31.3 Å². The molecule has 0 spiro atoms. The summed E-state index contributed by atoms with van der Waals surface area (Å²) >= 11 is 0. The highest BCUT2D eigenvalue weighted by Gasteiger charge is 2.33. The highest BCUT2D eigenvalue weighted by Crippen LogP contribution is 2.23. The maximum absolute atomic E-state index is 11.3. The van der Waals surface area contributed by atoms with E-state index in [1.54, 1.807) is 14.0 Å². The molecule has 3 unspecified atom stereocenters. The lowest BCUT2D eigenvalue weighted by atomic mass is 9.95. The standard InChI is InChI=1S/C17H27NO3/c1-6-12(2)14-7-9-15(10-8-14)21-13(3)11-17(4,18-5)16(19)20/h7-10,12-13,18H,6,11H2,1-5H3,(H,19,20). The molecule has 1 aromatic rings. The summed E-state index contributed by atoms with van der Waals surface area (Å²) < 4.78 is 5.83. The predicted octanol–water partition coefficient (Wildman–Crippen LogP) is 3.42. The summed E-state index contributed by atoms with van der Waals surface area (Å²) in [5, 5.41) is 12.1. The van der Waals surface area contributed by atoms with E-state index in [0.29, 0.717) is 12.3 Å². The molecule has 2 N–H and O–H groups in total. The Kier molecular flexibility index (Phi) is 6.21. The zero-order valence-corrected chi connectivity index (χ0v) is 13.6. The number of benzene rings is 1. The number of carboxylic acids is 1. The molecule has 0 aliphatic heterocycles. The van der Waals surface area contributed by atoms with Crippen LogP contribution in [0.25, 0.3) is 0 Å². The van der Waals surface area contributed by atoms with Gasteiger partial charge in [-0.15, -0.1) is 0 Å². The topological polar surface area (TPSA) is 58.6 Å². The summed E-state index contributed by atoms with van der Waals surface area (Å²) in [5.41, 5.74) is 0.318. The van der Waals surface area contributed by atoms with Crippen LogP contribution in [-0.2, 0) is 4.79 Å². The molecule has 0 aliphatic carbocycles. The van der Waals surface area contributed by atoms with Crippen molar-refractivity contribution in [1.29, 1.82) is 0 Å². The SMILES string of the molecule is CCC(C)c1ccc(OC(C)CC(C)(NC)C(=O)O)cc1. The smallest absolute Gasteiger partial charge is 0.323 e. The number of hydrogen-bond donors (Lipinski definition) is 2. The Morgan fingerprint density at radius 3 is 2.33 bits per heavy atom. The number of rotatable bonds is 8. The zero-order chi connectivity index (χ0) is 16.0. The highest BCUT2D eigenvalue weighted by molar-refractivity contribution is 5.78. The van der Waals surface area contributed by atoms with Crippen LogP contribution in [-0.4, -0.2) is 29.8 Å². The summed E-state index contributed by atoms with van der Waals surface area (Å²) in [5.74, 6) is 0.446. The summed E-state index contributed by atoms with van der Waals surface area (Å²) in [6, 6.07) is 8.06. The molecule has 0 aromatic heterocycles. The van der Waals surface area contributed by atoms with Crippen molar-refractivity contribution in [2.75, 3.05) is 7.05 Å². The fourth-order valence-corrected chi connectivity index (χ4v) is 2.26. The Hall–Kier alpha value is -1.55. The molecule has 0 amide bonds. The van der Waals surface area contributed by atoms with Gasteiger partial charge < -0.3 is 15.2 Å². The molecule has 118 valence electrons. The summed E-state index contributed by atoms with van der Waals surface area (Å²) in [4.78, 5) is 11.3. The van der Waals surface area contributed by atoms with Gasteiger partial charge in [0, 0.05) is 6.42 Å². The van der Waals surface area contributed by atoms with Crippen LogP contribution >= 0.6 is 0 Å². The molecule has 1 aromatic carbocycles. The predicted molar refractivity (Wildman–Crippen MR) is 85.0 cm³/mol. The van der Waals surface area contributed by atoms with Crippen molar-refractivity contribution in [2.45, 2.75) is 58.1 Å². The normalized spacial score (nSPS) is 16.8. The van der Waals surface area contributed by atoms with E-state index in [4.69, 9.17) is 4.74 Å². The minimum absolute atomic E-state index is 0.187. The zero-order valence-electron chi connectivity index (χ0n) is 13.6. The first-order valence-electron chi connectivity index (χ1n) is 7.51. The van der Waals surface area contributed by atoms with Crippen molar-refractivity contribution in [1.82, 2.24) is 5.32 Å². The number of carbonyl (C=O) groups is 1. The molecule has 0 fully saturated rings. The minimum Gasteiger partial charge on any atom is -0.491 e. The number of carboxylic acid groups (broad SMARTS) is 1. The van der Waals surface area contributed by atoms with Gasteiger partial charge in [-0.25, -0.2) is 0 Å². The maximum atomic E-state index is 11.3. The van der Waals surface area contributed by atoms with Crippen molar-refractivity contribution < 1.29 is 14.6 Å². The van der Waals surface area contributed by atoms with Gasteiger partial charge in [0.15, 0.2) is 0 Å². The lowest BCUT2D eigenvalue weighted by molar-refractivity contribution is -0.145. The van der Waals surface area contributed by atoms with Crippen LogP contribution in [0.5, 0.6) is 5.75 Å². The van der Waals surface area contributed by atoms with Gasteiger partial charge in [-0.2, -0.15) is 0 Å². The van der Waals surface area contributed by atoms with Gasteiger partial charge in [-0.05, 0) is 50.9 Å². The summed E-state index contributed by atoms with van der Waals surface area (Å²) in [6.07, 6.45) is 1.31. The van der Waals surface area contributed by atoms with E-state index in [0.717, 1.165) is 12.2 Å². The summed E-state index contributed by atoms with van der Waals surface area (Å²) in [6.45, 7) is 7.92. The van der Waals surface area contributed by atoms with Crippen LogP contribution in [0.15, 0.2) is 24.3 Å².